The molecule has 1 aromatic carbocycles. The number of nitrogens with zero attached hydrogens (tertiary/aromatic N) is 4. The van der Waals surface area contributed by atoms with Crippen LogP contribution < -0.4 is 10.1 Å². The number of pyridine rings is 1. The van der Waals surface area contributed by atoms with Crippen LogP contribution in [0.3, 0.4) is 0 Å². The first kappa shape index (κ1) is 16.3. The SMILES string of the molecule is O=C(c1ccc2cc(Oc3ncc(F)cn3)ccc2n1)N1CCNCC1. The Balaban J connectivity index is 1.55. The van der Waals surface area contributed by atoms with Crippen LogP contribution in [0, 0.1) is 5.82 Å². The fourth-order valence-corrected chi connectivity index (χ4v) is 2.77. The van der Waals surface area contributed by atoms with Gasteiger partial charge in [-0.3, -0.25) is 4.79 Å². The number of carbonyl (C=O) groups excluding carboxylic acids is 1. The molecule has 132 valence electrons. The number of halogens is 1. The van der Waals surface area contributed by atoms with E-state index in [9.17, 15) is 9.18 Å². The van der Waals surface area contributed by atoms with Crippen LogP contribution in [0.2, 0.25) is 0 Å². The number of amides is 1. The van der Waals surface area contributed by atoms with Crippen LogP contribution in [0.15, 0.2) is 42.7 Å². The van der Waals surface area contributed by atoms with Crippen molar-refractivity contribution in [3.05, 3.63) is 54.2 Å². The van der Waals surface area contributed by atoms with Crippen LogP contribution in [0.4, 0.5) is 4.39 Å². The Kier molecular flexibility index (Phi) is 4.40. The quantitative estimate of drug-likeness (QED) is 0.776. The molecule has 1 aliphatic rings. The molecule has 1 aliphatic heterocycles. The van der Waals surface area contributed by atoms with E-state index >= 15 is 0 Å². The fraction of sp³-hybridized carbons (Fsp3) is 0.222. The third-order valence-corrected chi connectivity index (χ3v) is 4.09. The summed E-state index contributed by atoms with van der Waals surface area (Å²) >= 11 is 0. The molecule has 0 atom stereocenters. The number of hydrogen-bond donors (Lipinski definition) is 1. The summed E-state index contributed by atoms with van der Waals surface area (Å²) in [5, 5.41) is 4.04. The number of benzene rings is 1. The average Bonchev–Trinajstić information content (AvgIpc) is 2.69. The third kappa shape index (κ3) is 3.45. The van der Waals surface area contributed by atoms with Crippen molar-refractivity contribution in [1.29, 1.82) is 0 Å². The third-order valence-electron chi connectivity index (χ3n) is 4.09. The first-order valence-corrected chi connectivity index (χ1v) is 8.25. The van der Waals surface area contributed by atoms with Gasteiger partial charge in [0.05, 0.1) is 17.9 Å². The van der Waals surface area contributed by atoms with E-state index in [4.69, 9.17) is 4.74 Å². The molecule has 7 nitrogen and oxygen atoms in total. The van der Waals surface area contributed by atoms with Gasteiger partial charge < -0.3 is 15.0 Å². The second-order valence-corrected chi connectivity index (χ2v) is 5.88. The standard InChI is InChI=1S/C18H16FN5O2/c19-13-10-21-18(22-11-13)26-14-2-4-15-12(9-14)1-3-16(23-15)17(25)24-7-5-20-6-8-24/h1-4,9-11,20H,5-8H2. The van der Waals surface area contributed by atoms with Crippen LogP contribution in [0.25, 0.3) is 10.9 Å². The lowest BCUT2D eigenvalue weighted by atomic mass is 10.2. The van der Waals surface area contributed by atoms with Gasteiger partial charge in [-0.05, 0) is 24.3 Å². The highest BCUT2D eigenvalue weighted by molar-refractivity contribution is 5.95. The van der Waals surface area contributed by atoms with Gasteiger partial charge in [0.1, 0.15) is 11.4 Å². The molecule has 0 bridgehead atoms. The molecule has 1 fully saturated rings. The second-order valence-electron chi connectivity index (χ2n) is 5.88. The Morgan fingerprint density at radius 2 is 1.88 bits per heavy atom. The lowest BCUT2D eigenvalue weighted by molar-refractivity contribution is 0.0730. The summed E-state index contributed by atoms with van der Waals surface area (Å²) in [6.45, 7) is 2.96. The van der Waals surface area contributed by atoms with E-state index in [2.05, 4.69) is 20.3 Å². The minimum absolute atomic E-state index is 0.0595. The molecule has 2 aromatic heterocycles. The monoisotopic (exact) mass is 353 g/mol. The molecular weight excluding hydrogens is 337 g/mol. The van der Waals surface area contributed by atoms with Gasteiger partial charge in [0.2, 0.25) is 0 Å². The van der Waals surface area contributed by atoms with Crippen molar-refractivity contribution in [2.24, 2.45) is 0 Å². The summed E-state index contributed by atoms with van der Waals surface area (Å²) in [5.41, 5.74) is 1.12. The number of piperazine rings is 1. The zero-order valence-electron chi connectivity index (χ0n) is 13.9. The van der Waals surface area contributed by atoms with Crippen molar-refractivity contribution in [3.63, 3.8) is 0 Å². The van der Waals surface area contributed by atoms with Crippen molar-refractivity contribution >= 4 is 16.8 Å². The van der Waals surface area contributed by atoms with Gasteiger partial charge in [-0.1, -0.05) is 6.07 Å². The smallest absolute Gasteiger partial charge is 0.322 e. The van der Waals surface area contributed by atoms with Gasteiger partial charge in [-0.15, -0.1) is 0 Å². The topological polar surface area (TPSA) is 80.2 Å². The van der Waals surface area contributed by atoms with Gasteiger partial charge in [0.25, 0.3) is 5.91 Å². The van der Waals surface area contributed by atoms with Crippen molar-refractivity contribution in [2.75, 3.05) is 26.2 Å². The normalized spacial score (nSPS) is 14.4. The molecule has 26 heavy (non-hydrogen) atoms. The molecule has 0 aliphatic carbocycles. The Morgan fingerprint density at radius 1 is 1.12 bits per heavy atom. The van der Waals surface area contributed by atoms with E-state index in [-0.39, 0.29) is 11.9 Å². The molecule has 1 N–H and O–H groups in total. The molecular formula is C18H16FN5O2. The number of aromatic nitrogens is 3. The first-order valence-electron chi connectivity index (χ1n) is 8.25. The maximum absolute atomic E-state index is 12.8. The zero-order valence-corrected chi connectivity index (χ0v) is 13.9. The number of hydrogen-bond acceptors (Lipinski definition) is 6. The molecule has 1 amide bonds. The summed E-state index contributed by atoms with van der Waals surface area (Å²) in [7, 11) is 0. The van der Waals surface area contributed by atoms with E-state index in [1.165, 1.54) is 0 Å². The molecule has 4 rings (SSSR count). The van der Waals surface area contributed by atoms with Crippen LogP contribution in [-0.4, -0.2) is 51.9 Å². The number of nitrogens with one attached hydrogen (secondary N) is 1. The summed E-state index contributed by atoms with van der Waals surface area (Å²) in [5.74, 6) is -0.0812. The minimum Gasteiger partial charge on any atom is -0.424 e. The summed E-state index contributed by atoms with van der Waals surface area (Å²) in [6, 6.07) is 8.85. The van der Waals surface area contributed by atoms with Gasteiger partial charge in [0.15, 0.2) is 5.82 Å². The lowest BCUT2D eigenvalue weighted by Gasteiger charge is -2.27. The van der Waals surface area contributed by atoms with E-state index in [0.29, 0.717) is 30.0 Å². The lowest BCUT2D eigenvalue weighted by Crippen LogP contribution is -2.46. The van der Waals surface area contributed by atoms with Crippen molar-refractivity contribution in [1.82, 2.24) is 25.2 Å². The average molecular weight is 353 g/mol. The van der Waals surface area contributed by atoms with Crippen LogP contribution in [0.5, 0.6) is 11.8 Å². The number of carbonyl (C=O) groups is 1. The molecule has 0 saturated carbocycles. The van der Waals surface area contributed by atoms with E-state index in [1.807, 2.05) is 6.07 Å². The number of ether oxygens (including phenoxy) is 1. The highest BCUT2D eigenvalue weighted by Crippen LogP contribution is 2.23. The highest BCUT2D eigenvalue weighted by atomic mass is 19.1. The molecule has 0 unspecified atom stereocenters. The fourth-order valence-electron chi connectivity index (χ4n) is 2.77. The largest absolute Gasteiger partial charge is 0.424 e. The first-order chi connectivity index (χ1) is 12.7. The molecule has 3 aromatic rings. The Hall–Kier alpha value is -3.13. The number of rotatable bonds is 3. The van der Waals surface area contributed by atoms with Gasteiger partial charge in [-0.2, -0.15) is 0 Å². The van der Waals surface area contributed by atoms with E-state index in [1.54, 1.807) is 29.2 Å². The van der Waals surface area contributed by atoms with Gasteiger partial charge in [-0.25, -0.2) is 19.3 Å². The molecule has 0 radical (unpaired) electrons. The van der Waals surface area contributed by atoms with Gasteiger partial charge >= 0.3 is 6.01 Å². The van der Waals surface area contributed by atoms with E-state index in [0.717, 1.165) is 30.9 Å². The minimum atomic E-state index is -0.526. The molecule has 3 heterocycles. The summed E-state index contributed by atoms with van der Waals surface area (Å²) in [6.07, 6.45) is 2.08. The molecule has 0 spiro atoms. The Morgan fingerprint density at radius 3 is 2.65 bits per heavy atom. The summed E-state index contributed by atoms with van der Waals surface area (Å²) < 4.78 is 18.4. The maximum Gasteiger partial charge on any atom is 0.322 e. The zero-order chi connectivity index (χ0) is 17.9. The van der Waals surface area contributed by atoms with Crippen molar-refractivity contribution in [3.8, 4) is 11.8 Å². The maximum atomic E-state index is 12.8. The highest BCUT2D eigenvalue weighted by Gasteiger charge is 2.19. The molecule has 8 heteroatoms. The summed E-state index contributed by atoms with van der Waals surface area (Å²) in [4.78, 5) is 26.3. The second kappa shape index (κ2) is 7.01. The van der Waals surface area contributed by atoms with Crippen molar-refractivity contribution < 1.29 is 13.9 Å². The van der Waals surface area contributed by atoms with E-state index < -0.39 is 5.82 Å². The number of fused-ring (bicyclic) bond motifs is 1. The van der Waals surface area contributed by atoms with Gasteiger partial charge in [0, 0.05) is 31.6 Å². The Labute approximate surface area is 148 Å². The Bertz CT molecular complexity index is 942. The van der Waals surface area contributed by atoms with Crippen molar-refractivity contribution in [2.45, 2.75) is 0 Å². The van der Waals surface area contributed by atoms with Crippen LogP contribution in [0.1, 0.15) is 10.5 Å². The predicted molar refractivity (Wildman–Crippen MR) is 92.6 cm³/mol. The molecule has 1 saturated heterocycles. The van der Waals surface area contributed by atoms with Crippen LogP contribution in [-0.2, 0) is 0 Å². The van der Waals surface area contributed by atoms with Crippen LogP contribution >= 0.6 is 0 Å². The predicted octanol–water partition coefficient (Wildman–Crippen LogP) is 2.00.